The Balaban J connectivity index is 1.39. The normalized spacial score (nSPS) is 14.3. The standard InChI is InChI=1S/C22H24F2N4O2/c23-15-12-19(20(13-16(15)24)28-9-2-1-3-10-28)25-21(29)6-4-5-14-7-8-17-18(11-14)27-22(30)26-17/h7-8,11-13H,1-6,9-10H2,(H,25,29)(H2,26,27,30). The number of aromatic nitrogens is 2. The van der Waals surface area contributed by atoms with E-state index in [0.29, 0.717) is 24.2 Å². The number of imidazole rings is 1. The molecule has 1 fully saturated rings. The third kappa shape index (κ3) is 4.53. The number of hydrogen-bond donors (Lipinski definition) is 3. The maximum Gasteiger partial charge on any atom is 0.323 e. The zero-order valence-corrected chi connectivity index (χ0v) is 16.6. The predicted molar refractivity (Wildman–Crippen MR) is 113 cm³/mol. The topological polar surface area (TPSA) is 81.0 Å². The van der Waals surface area contributed by atoms with Crippen molar-refractivity contribution in [2.24, 2.45) is 0 Å². The van der Waals surface area contributed by atoms with Crippen molar-refractivity contribution in [1.29, 1.82) is 0 Å². The van der Waals surface area contributed by atoms with Crippen LogP contribution in [0.5, 0.6) is 0 Å². The zero-order valence-electron chi connectivity index (χ0n) is 16.6. The molecule has 0 radical (unpaired) electrons. The van der Waals surface area contributed by atoms with Crippen molar-refractivity contribution in [3.63, 3.8) is 0 Å². The zero-order chi connectivity index (χ0) is 21.1. The van der Waals surface area contributed by atoms with Gasteiger partial charge < -0.3 is 20.2 Å². The number of fused-ring (bicyclic) bond motifs is 1. The van der Waals surface area contributed by atoms with Crippen molar-refractivity contribution in [2.75, 3.05) is 23.3 Å². The van der Waals surface area contributed by atoms with Crippen LogP contribution in [0.15, 0.2) is 35.1 Å². The van der Waals surface area contributed by atoms with Crippen LogP contribution in [0.1, 0.15) is 37.7 Å². The summed E-state index contributed by atoms with van der Waals surface area (Å²) in [4.78, 5) is 31.2. The first-order valence-electron chi connectivity index (χ1n) is 10.2. The van der Waals surface area contributed by atoms with Crippen LogP contribution in [0.2, 0.25) is 0 Å². The maximum atomic E-state index is 13.8. The number of hydrogen-bond acceptors (Lipinski definition) is 3. The van der Waals surface area contributed by atoms with E-state index in [2.05, 4.69) is 15.3 Å². The van der Waals surface area contributed by atoms with E-state index in [1.54, 1.807) is 0 Å². The van der Waals surface area contributed by atoms with Gasteiger partial charge in [0.25, 0.3) is 0 Å². The van der Waals surface area contributed by atoms with Gasteiger partial charge in [0, 0.05) is 31.6 Å². The predicted octanol–water partition coefficient (Wildman–Crippen LogP) is 4.09. The first kappa shape index (κ1) is 20.1. The van der Waals surface area contributed by atoms with Crippen LogP contribution in [0.3, 0.4) is 0 Å². The van der Waals surface area contributed by atoms with E-state index in [9.17, 15) is 18.4 Å². The van der Waals surface area contributed by atoms with Gasteiger partial charge in [-0.3, -0.25) is 4.79 Å². The number of carbonyl (C=O) groups excluding carboxylic acids is 1. The molecule has 0 spiro atoms. The number of nitrogens with one attached hydrogen (secondary N) is 3. The summed E-state index contributed by atoms with van der Waals surface area (Å²) < 4.78 is 27.6. The summed E-state index contributed by atoms with van der Waals surface area (Å²) in [6.07, 6.45) is 4.60. The number of benzene rings is 2. The highest BCUT2D eigenvalue weighted by Gasteiger charge is 2.19. The molecule has 3 N–H and O–H groups in total. The summed E-state index contributed by atoms with van der Waals surface area (Å²) in [5.41, 5.74) is 3.07. The van der Waals surface area contributed by atoms with Gasteiger partial charge in [-0.1, -0.05) is 6.07 Å². The molecule has 1 aliphatic heterocycles. The molecular weight excluding hydrogens is 390 g/mol. The number of aromatic amines is 2. The smallest absolute Gasteiger partial charge is 0.323 e. The summed E-state index contributed by atoms with van der Waals surface area (Å²) >= 11 is 0. The molecule has 8 heteroatoms. The van der Waals surface area contributed by atoms with E-state index in [1.165, 1.54) is 6.07 Å². The Bertz CT molecular complexity index is 1120. The molecule has 2 heterocycles. The van der Waals surface area contributed by atoms with E-state index in [0.717, 1.165) is 55.0 Å². The lowest BCUT2D eigenvalue weighted by Crippen LogP contribution is -2.30. The number of H-pyrrole nitrogens is 2. The number of aryl methyl sites for hydroxylation is 1. The van der Waals surface area contributed by atoms with Gasteiger partial charge in [-0.25, -0.2) is 13.6 Å². The quantitative estimate of drug-likeness (QED) is 0.568. The molecular formula is C22H24F2N4O2. The molecule has 1 saturated heterocycles. The van der Waals surface area contributed by atoms with Crippen molar-refractivity contribution >= 4 is 28.3 Å². The summed E-state index contributed by atoms with van der Waals surface area (Å²) in [6.45, 7) is 1.52. The number of piperidine rings is 1. The number of halogens is 2. The van der Waals surface area contributed by atoms with Gasteiger partial charge in [0.1, 0.15) is 0 Å². The van der Waals surface area contributed by atoms with Crippen LogP contribution < -0.4 is 15.9 Å². The lowest BCUT2D eigenvalue weighted by atomic mass is 10.1. The lowest BCUT2D eigenvalue weighted by Gasteiger charge is -2.30. The Hall–Kier alpha value is -3.16. The number of anilines is 2. The molecule has 1 amide bonds. The fourth-order valence-corrected chi connectivity index (χ4v) is 3.93. The molecule has 0 aliphatic carbocycles. The highest BCUT2D eigenvalue weighted by Crippen LogP contribution is 2.31. The molecule has 0 bridgehead atoms. The third-order valence-electron chi connectivity index (χ3n) is 5.46. The van der Waals surface area contributed by atoms with E-state index >= 15 is 0 Å². The van der Waals surface area contributed by atoms with Crippen molar-refractivity contribution < 1.29 is 13.6 Å². The van der Waals surface area contributed by atoms with Crippen LogP contribution in [0, 0.1) is 11.6 Å². The second-order valence-electron chi connectivity index (χ2n) is 7.69. The molecule has 0 atom stereocenters. The second-order valence-corrected chi connectivity index (χ2v) is 7.69. The molecule has 158 valence electrons. The molecule has 4 rings (SSSR count). The van der Waals surface area contributed by atoms with E-state index in [4.69, 9.17) is 0 Å². The minimum atomic E-state index is -0.972. The van der Waals surface area contributed by atoms with Crippen LogP contribution >= 0.6 is 0 Å². The highest BCUT2D eigenvalue weighted by molar-refractivity contribution is 5.94. The molecule has 0 saturated carbocycles. The minimum Gasteiger partial charge on any atom is -0.370 e. The van der Waals surface area contributed by atoms with Gasteiger partial charge in [0.05, 0.1) is 22.4 Å². The average molecular weight is 414 g/mol. The Morgan fingerprint density at radius 3 is 2.53 bits per heavy atom. The molecule has 3 aromatic rings. The second kappa shape index (κ2) is 8.69. The van der Waals surface area contributed by atoms with Crippen molar-refractivity contribution in [3.05, 3.63) is 58.0 Å². The van der Waals surface area contributed by atoms with Crippen molar-refractivity contribution in [2.45, 2.75) is 38.5 Å². The monoisotopic (exact) mass is 414 g/mol. The summed E-state index contributed by atoms with van der Waals surface area (Å²) in [5.74, 6) is -2.12. The van der Waals surface area contributed by atoms with Gasteiger partial charge in [-0.15, -0.1) is 0 Å². The van der Waals surface area contributed by atoms with E-state index in [-0.39, 0.29) is 18.0 Å². The van der Waals surface area contributed by atoms with E-state index < -0.39 is 11.6 Å². The number of carbonyl (C=O) groups is 1. The van der Waals surface area contributed by atoms with Crippen LogP contribution in [0.25, 0.3) is 11.0 Å². The van der Waals surface area contributed by atoms with Crippen LogP contribution in [0.4, 0.5) is 20.2 Å². The molecule has 30 heavy (non-hydrogen) atoms. The Morgan fingerprint density at radius 1 is 1.00 bits per heavy atom. The van der Waals surface area contributed by atoms with Gasteiger partial charge in [0.15, 0.2) is 11.6 Å². The summed E-state index contributed by atoms with van der Waals surface area (Å²) in [6, 6.07) is 7.86. The molecule has 1 aliphatic rings. The number of amides is 1. The third-order valence-corrected chi connectivity index (χ3v) is 5.46. The molecule has 0 unspecified atom stereocenters. The van der Waals surface area contributed by atoms with Gasteiger partial charge >= 0.3 is 5.69 Å². The number of nitrogens with zero attached hydrogens (tertiary/aromatic N) is 1. The first-order valence-corrected chi connectivity index (χ1v) is 10.2. The van der Waals surface area contributed by atoms with Crippen molar-refractivity contribution in [3.8, 4) is 0 Å². The Kier molecular flexibility index (Phi) is 5.83. The van der Waals surface area contributed by atoms with Gasteiger partial charge in [-0.05, 0) is 49.8 Å². The average Bonchev–Trinajstić information content (AvgIpc) is 3.10. The Labute approximate surface area is 172 Å². The minimum absolute atomic E-state index is 0.240. The maximum absolute atomic E-state index is 13.8. The fraction of sp³-hybridized carbons (Fsp3) is 0.364. The lowest BCUT2D eigenvalue weighted by molar-refractivity contribution is -0.116. The highest BCUT2D eigenvalue weighted by atomic mass is 19.2. The van der Waals surface area contributed by atoms with Crippen molar-refractivity contribution in [1.82, 2.24) is 9.97 Å². The number of rotatable bonds is 6. The first-order chi connectivity index (χ1) is 14.5. The van der Waals surface area contributed by atoms with Crippen LogP contribution in [-0.2, 0) is 11.2 Å². The SMILES string of the molecule is O=C(CCCc1ccc2[nH]c(=O)[nH]c2c1)Nc1cc(F)c(F)cc1N1CCCCC1. The van der Waals surface area contributed by atoms with E-state index in [1.807, 2.05) is 23.1 Å². The fourth-order valence-electron chi connectivity index (χ4n) is 3.93. The Morgan fingerprint density at radius 2 is 1.73 bits per heavy atom. The molecule has 1 aromatic heterocycles. The molecule has 2 aromatic carbocycles. The van der Waals surface area contributed by atoms with Gasteiger partial charge in [-0.2, -0.15) is 0 Å². The largest absolute Gasteiger partial charge is 0.370 e. The summed E-state index contributed by atoms with van der Waals surface area (Å²) in [7, 11) is 0. The molecule has 6 nitrogen and oxygen atoms in total. The van der Waals surface area contributed by atoms with Gasteiger partial charge in [0.2, 0.25) is 5.91 Å². The van der Waals surface area contributed by atoms with Crippen LogP contribution in [-0.4, -0.2) is 29.0 Å². The summed E-state index contributed by atoms with van der Waals surface area (Å²) in [5, 5.41) is 2.76.